The molecular weight excluding hydrogens is 321 g/mol. The maximum Gasteiger partial charge on any atom is 0.317 e. The van der Waals surface area contributed by atoms with E-state index in [1.165, 1.54) is 12.1 Å². The van der Waals surface area contributed by atoms with Gasteiger partial charge in [0.25, 0.3) is 0 Å². The zero-order valence-electron chi connectivity index (χ0n) is 13.3. The lowest BCUT2D eigenvalue weighted by atomic mass is 10.1. The minimum Gasteiger partial charge on any atom is -0.331 e. The van der Waals surface area contributed by atoms with Gasteiger partial charge in [-0.05, 0) is 37.5 Å². The van der Waals surface area contributed by atoms with Crippen LogP contribution in [0.2, 0.25) is 0 Å². The molecule has 23 heavy (non-hydrogen) atoms. The summed E-state index contributed by atoms with van der Waals surface area (Å²) in [7, 11) is -3.29. The minimum atomic E-state index is -3.29. The van der Waals surface area contributed by atoms with Crippen LogP contribution in [0, 0.1) is 5.82 Å². The Morgan fingerprint density at radius 3 is 2.83 bits per heavy atom. The Kier molecular flexibility index (Phi) is 5.59. The smallest absolute Gasteiger partial charge is 0.317 e. The van der Waals surface area contributed by atoms with Crippen LogP contribution in [-0.4, -0.2) is 44.7 Å². The Balaban J connectivity index is 1.94. The number of amides is 2. The summed E-state index contributed by atoms with van der Waals surface area (Å²) < 4.78 is 38.4. The number of sulfonamides is 1. The van der Waals surface area contributed by atoms with E-state index in [2.05, 4.69) is 10.0 Å². The molecule has 2 N–H and O–H groups in total. The summed E-state index contributed by atoms with van der Waals surface area (Å²) in [6, 6.07) is 5.20. The summed E-state index contributed by atoms with van der Waals surface area (Å²) in [4.78, 5) is 13.9. The van der Waals surface area contributed by atoms with Crippen molar-refractivity contribution in [3.63, 3.8) is 0 Å². The molecule has 6 nitrogen and oxygen atoms in total. The van der Waals surface area contributed by atoms with Crippen LogP contribution in [-0.2, 0) is 10.0 Å². The molecule has 8 heteroatoms. The maximum absolute atomic E-state index is 13.2. The SMILES string of the molecule is C[C@@H](NC(=O)N1CCC[C@H](NS(C)(=O)=O)C1)c1cccc(F)c1. The van der Waals surface area contributed by atoms with Gasteiger partial charge in [-0.15, -0.1) is 0 Å². The number of piperidine rings is 1. The number of carbonyl (C=O) groups is 1. The highest BCUT2D eigenvalue weighted by Crippen LogP contribution is 2.16. The van der Waals surface area contributed by atoms with Crippen LogP contribution in [0.3, 0.4) is 0 Å². The number of urea groups is 1. The number of nitrogens with zero attached hydrogens (tertiary/aromatic N) is 1. The summed E-state index contributed by atoms with van der Waals surface area (Å²) >= 11 is 0. The largest absolute Gasteiger partial charge is 0.331 e. The average molecular weight is 343 g/mol. The van der Waals surface area contributed by atoms with Crippen molar-refractivity contribution in [3.8, 4) is 0 Å². The molecule has 128 valence electrons. The number of hydrogen-bond donors (Lipinski definition) is 2. The molecular formula is C15H22FN3O3S. The van der Waals surface area contributed by atoms with Crippen molar-refractivity contribution in [1.29, 1.82) is 0 Å². The van der Waals surface area contributed by atoms with E-state index < -0.39 is 10.0 Å². The molecule has 0 bridgehead atoms. The summed E-state index contributed by atoms with van der Waals surface area (Å²) in [5.74, 6) is -0.348. The molecule has 2 atom stereocenters. The van der Waals surface area contributed by atoms with Gasteiger partial charge in [0.1, 0.15) is 5.82 Å². The van der Waals surface area contributed by atoms with Gasteiger partial charge in [-0.3, -0.25) is 0 Å². The number of benzene rings is 1. The maximum atomic E-state index is 13.2. The standard InChI is InChI=1S/C15H22FN3O3S/c1-11(12-5-3-6-13(16)9-12)17-15(20)19-8-4-7-14(10-19)18-23(2,21)22/h3,5-6,9,11,14,18H,4,7-8,10H2,1-2H3,(H,17,20)/t11-,14+/m1/s1. The molecule has 1 aromatic rings. The fraction of sp³-hybridized carbons (Fsp3) is 0.533. The average Bonchev–Trinajstić information content (AvgIpc) is 2.45. The predicted octanol–water partition coefficient (Wildman–Crippen LogP) is 1.61. The lowest BCUT2D eigenvalue weighted by molar-refractivity contribution is 0.174. The van der Waals surface area contributed by atoms with Gasteiger partial charge in [0.15, 0.2) is 0 Å². The third-order valence-electron chi connectivity index (χ3n) is 3.78. The number of hydrogen-bond acceptors (Lipinski definition) is 3. The Hall–Kier alpha value is -1.67. The zero-order valence-corrected chi connectivity index (χ0v) is 14.1. The van der Waals surface area contributed by atoms with Crippen LogP contribution in [0.5, 0.6) is 0 Å². The number of rotatable bonds is 4. The summed E-state index contributed by atoms with van der Waals surface area (Å²) in [5.41, 5.74) is 0.682. The molecule has 1 aliphatic rings. The molecule has 0 aromatic heterocycles. The van der Waals surface area contributed by atoms with E-state index in [1.54, 1.807) is 24.0 Å². The summed E-state index contributed by atoms with van der Waals surface area (Å²) in [5, 5.41) is 2.82. The highest BCUT2D eigenvalue weighted by atomic mass is 32.2. The molecule has 1 fully saturated rings. The van der Waals surface area contributed by atoms with Crippen molar-refractivity contribution < 1.29 is 17.6 Å². The summed E-state index contributed by atoms with van der Waals surface area (Å²) in [6.45, 7) is 2.68. The highest BCUT2D eigenvalue weighted by Gasteiger charge is 2.26. The predicted molar refractivity (Wildman–Crippen MR) is 85.9 cm³/mol. The molecule has 0 spiro atoms. The van der Waals surface area contributed by atoms with E-state index in [0.717, 1.165) is 12.7 Å². The fourth-order valence-corrected chi connectivity index (χ4v) is 3.49. The van der Waals surface area contributed by atoms with Gasteiger partial charge in [-0.2, -0.15) is 0 Å². The minimum absolute atomic E-state index is 0.269. The molecule has 0 unspecified atom stereocenters. The second-order valence-electron chi connectivity index (χ2n) is 5.90. The van der Waals surface area contributed by atoms with Crippen LogP contribution in [0.1, 0.15) is 31.4 Å². The van der Waals surface area contributed by atoms with Crippen molar-refractivity contribution in [2.45, 2.75) is 31.8 Å². The first-order valence-corrected chi connectivity index (χ1v) is 9.42. The zero-order chi connectivity index (χ0) is 17.0. The lowest BCUT2D eigenvalue weighted by Crippen LogP contribution is -2.52. The second kappa shape index (κ2) is 7.27. The second-order valence-corrected chi connectivity index (χ2v) is 7.68. The van der Waals surface area contributed by atoms with Gasteiger partial charge in [0.2, 0.25) is 10.0 Å². The Bertz CT molecular complexity index is 666. The fourth-order valence-electron chi connectivity index (χ4n) is 2.70. The molecule has 1 aromatic carbocycles. The van der Waals surface area contributed by atoms with Gasteiger partial charge in [0, 0.05) is 19.1 Å². The Morgan fingerprint density at radius 1 is 1.43 bits per heavy atom. The van der Waals surface area contributed by atoms with Crippen LogP contribution in [0.15, 0.2) is 24.3 Å². The molecule has 0 aliphatic carbocycles. The van der Waals surface area contributed by atoms with Crippen molar-refractivity contribution >= 4 is 16.1 Å². The molecule has 1 heterocycles. The van der Waals surface area contributed by atoms with Crippen LogP contribution < -0.4 is 10.0 Å². The molecule has 1 aliphatic heterocycles. The number of likely N-dealkylation sites (tertiary alicyclic amines) is 1. The number of halogens is 1. The summed E-state index contributed by atoms with van der Waals surface area (Å²) in [6.07, 6.45) is 2.54. The van der Waals surface area contributed by atoms with Crippen molar-refractivity contribution in [3.05, 3.63) is 35.6 Å². The normalized spacial score (nSPS) is 20.1. The van der Waals surface area contributed by atoms with E-state index in [-0.39, 0.29) is 23.9 Å². The van der Waals surface area contributed by atoms with Crippen molar-refractivity contribution in [2.24, 2.45) is 0 Å². The van der Waals surface area contributed by atoms with E-state index in [1.807, 2.05) is 0 Å². The molecule has 2 rings (SSSR count). The first kappa shape index (κ1) is 17.7. The molecule has 1 saturated heterocycles. The monoisotopic (exact) mass is 343 g/mol. The Morgan fingerprint density at radius 2 is 2.17 bits per heavy atom. The van der Waals surface area contributed by atoms with Gasteiger partial charge in [-0.1, -0.05) is 12.1 Å². The van der Waals surface area contributed by atoms with Crippen LogP contribution in [0.4, 0.5) is 9.18 Å². The van der Waals surface area contributed by atoms with Crippen LogP contribution in [0.25, 0.3) is 0 Å². The van der Waals surface area contributed by atoms with E-state index in [0.29, 0.717) is 25.1 Å². The lowest BCUT2D eigenvalue weighted by Gasteiger charge is -2.33. The first-order valence-electron chi connectivity index (χ1n) is 7.53. The molecule has 2 amide bonds. The third kappa shape index (κ3) is 5.47. The van der Waals surface area contributed by atoms with Gasteiger partial charge >= 0.3 is 6.03 Å². The topological polar surface area (TPSA) is 78.5 Å². The highest BCUT2D eigenvalue weighted by molar-refractivity contribution is 7.88. The molecule has 0 saturated carbocycles. The van der Waals surface area contributed by atoms with Gasteiger partial charge < -0.3 is 10.2 Å². The van der Waals surface area contributed by atoms with Gasteiger partial charge in [0.05, 0.1) is 12.3 Å². The Labute approximate surface area is 136 Å². The number of nitrogens with one attached hydrogen (secondary N) is 2. The van der Waals surface area contributed by atoms with Gasteiger partial charge in [-0.25, -0.2) is 22.3 Å². The van der Waals surface area contributed by atoms with Crippen LogP contribution >= 0.6 is 0 Å². The quantitative estimate of drug-likeness (QED) is 0.872. The van der Waals surface area contributed by atoms with Crippen molar-refractivity contribution in [1.82, 2.24) is 14.9 Å². The number of carbonyl (C=O) groups excluding carboxylic acids is 1. The van der Waals surface area contributed by atoms with E-state index in [4.69, 9.17) is 0 Å². The first-order chi connectivity index (χ1) is 10.7. The van der Waals surface area contributed by atoms with E-state index >= 15 is 0 Å². The van der Waals surface area contributed by atoms with Crippen molar-refractivity contribution in [2.75, 3.05) is 19.3 Å². The van der Waals surface area contributed by atoms with E-state index in [9.17, 15) is 17.6 Å². The third-order valence-corrected chi connectivity index (χ3v) is 4.54. The molecule has 0 radical (unpaired) electrons.